The highest BCUT2D eigenvalue weighted by molar-refractivity contribution is 4.98. The average Bonchev–Trinajstić information content (AvgIpc) is 1.94. The van der Waals surface area contributed by atoms with Gasteiger partial charge in [0.05, 0.1) is 13.2 Å². The summed E-state index contributed by atoms with van der Waals surface area (Å²) in [5.74, 6) is 0. The lowest BCUT2D eigenvalue weighted by Crippen LogP contribution is -1.90. The Hall–Kier alpha value is -0.300. The standard InChI is InChI=1S/C7H12O/c1-7-3-2-5-8-6-4-7/h3H,2,4-6H2,1H3. The summed E-state index contributed by atoms with van der Waals surface area (Å²) in [5, 5.41) is 0. The van der Waals surface area contributed by atoms with E-state index in [1.165, 1.54) is 5.57 Å². The summed E-state index contributed by atoms with van der Waals surface area (Å²) in [7, 11) is 0. The van der Waals surface area contributed by atoms with Crippen molar-refractivity contribution in [3.8, 4) is 0 Å². The summed E-state index contributed by atoms with van der Waals surface area (Å²) >= 11 is 0. The average molecular weight is 112 g/mol. The predicted molar refractivity (Wildman–Crippen MR) is 33.8 cm³/mol. The molecule has 0 atom stereocenters. The minimum Gasteiger partial charge on any atom is -0.381 e. The number of rotatable bonds is 0. The lowest BCUT2D eigenvalue weighted by atomic mass is 10.2. The van der Waals surface area contributed by atoms with Crippen LogP contribution >= 0.6 is 0 Å². The molecule has 0 aromatic rings. The van der Waals surface area contributed by atoms with Gasteiger partial charge in [0.25, 0.3) is 0 Å². The molecule has 0 aliphatic carbocycles. The Morgan fingerprint density at radius 2 is 2.38 bits per heavy atom. The summed E-state index contributed by atoms with van der Waals surface area (Å²) in [6, 6.07) is 0. The molecule has 0 spiro atoms. The van der Waals surface area contributed by atoms with E-state index in [2.05, 4.69) is 13.0 Å². The van der Waals surface area contributed by atoms with Crippen molar-refractivity contribution in [3.05, 3.63) is 11.6 Å². The first kappa shape index (κ1) is 5.83. The molecule has 0 saturated heterocycles. The van der Waals surface area contributed by atoms with Gasteiger partial charge in [0.2, 0.25) is 0 Å². The van der Waals surface area contributed by atoms with E-state index < -0.39 is 0 Å². The third-order valence-electron chi connectivity index (χ3n) is 1.40. The molecule has 0 saturated carbocycles. The quantitative estimate of drug-likeness (QED) is 0.434. The minimum absolute atomic E-state index is 0.914. The van der Waals surface area contributed by atoms with E-state index >= 15 is 0 Å². The lowest BCUT2D eigenvalue weighted by molar-refractivity contribution is 0.147. The van der Waals surface area contributed by atoms with Gasteiger partial charge in [0.15, 0.2) is 0 Å². The molecule has 1 aliphatic heterocycles. The SMILES string of the molecule is CC1=CCCOCC1. The maximum Gasteiger partial charge on any atom is 0.0503 e. The maximum absolute atomic E-state index is 5.21. The highest BCUT2D eigenvalue weighted by atomic mass is 16.5. The first-order chi connectivity index (χ1) is 3.89. The first-order valence-corrected chi connectivity index (χ1v) is 3.13. The van der Waals surface area contributed by atoms with Crippen molar-refractivity contribution in [1.82, 2.24) is 0 Å². The van der Waals surface area contributed by atoms with Crippen molar-refractivity contribution in [3.63, 3.8) is 0 Å². The van der Waals surface area contributed by atoms with Crippen LogP contribution in [0.2, 0.25) is 0 Å². The zero-order valence-electron chi connectivity index (χ0n) is 5.31. The Labute approximate surface area is 50.3 Å². The number of ether oxygens (including phenoxy) is 1. The molecule has 46 valence electrons. The van der Waals surface area contributed by atoms with E-state index in [0.29, 0.717) is 0 Å². The molecule has 1 aliphatic rings. The second kappa shape index (κ2) is 2.88. The summed E-state index contributed by atoms with van der Waals surface area (Å²) < 4.78 is 5.21. The summed E-state index contributed by atoms with van der Waals surface area (Å²) in [6.07, 6.45) is 4.48. The molecule has 1 heteroatoms. The van der Waals surface area contributed by atoms with Crippen molar-refractivity contribution in [1.29, 1.82) is 0 Å². The van der Waals surface area contributed by atoms with Crippen LogP contribution in [0.25, 0.3) is 0 Å². The van der Waals surface area contributed by atoms with Gasteiger partial charge in [0, 0.05) is 0 Å². The zero-order valence-corrected chi connectivity index (χ0v) is 5.31. The van der Waals surface area contributed by atoms with Gasteiger partial charge in [-0.1, -0.05) is 11.6 Å². The van der Waals surface area contributed by atoms with E-state index in [0.717, 1.165) is 26.1 Å². The lowest BCUT2D eigenvalue weighted by Gasteiger charge is -1.94. The zero-order chi connectivity index (χ0) is 5.82. The monoisotopic (exact) mass is 112 g/mol. The van der Waals surface area contributed by atoms with E-state index in [1.54, 1.807) is 0 Å². The fourth-order valence-corrected chi connectivity index (χ4v) is 0.826. The van der Waals surface area contributed by atoms with Gasteiger partial charge >= 0.3 is 0 Å². The van der Waals surface area contributed by atoms with Crippen molar-refractivity contribution in [2.24, 2.45) is 0 Å². The van der Waals surface area contributed by atoms with E-state index in [4.69, 9.17) is 4.74 Å². The van der Waals surface area contributed by atoms with Gasteiger partial charge in [-0.25, -0.2) is 0 Å². The second-order valence-electron chi connectivity index (χ2n) is 2.20. The van der Waals surface area contributed by atoms with Gasteiger partial charge in [0.1, 0.15) is 0 Å². The molecule has 0 aromatic carbocycles. The highest BCUT2D eigenvalue weighted by Crippen LogP contribution is 2.05. The van der Waals surface area contributed by atoms with Crippen molar-refractivity contribution in [2.75, 3.05) is 13.2 Å². The van der Waals surface area contributed by atoms with Gasteiger partial charge in [-0.15, -0.1) is 0 Å². The maximum atomic E-state index is 5.21. The molecule has 0 N–H and O–H groups in total. The second-order valence-corrected chi connectivity index (χ2v) is 2.20. The fourth-order valence-electron chi connectivity index (χ4n) is 0.826. The molecule has 0 unspecified atom stereocenters. The van der Waals surface area contributed by atoms with Crippen LogP contribution in [0.5, 0.6) is 0 Å². The topological polar surface area (TPSA) is 9.23 Å². The molecule has 1 heterocycles. The van der Waals surface area contributed by atoms with Crippen LogP contribution < -0.4 is 0 Å². The van der Waals surface area contributed by atoms with Gasteiger partial charge in [-0.2, -0.15) is 0 Å². The van der Waals surface area contributed by atoms with E-state index in [-0.39, 0.29) is 0 Å². The van der Waals surface area contributed by atoms with Crippen LogP contribution in [0.1, 0.15) is 19.8 Å². The Kier molecular flexibility index (Phi) is 2.10. The Morgan fingerprint density at radius 1 is 1.50 bits per heavy atom. The van der Waals surface area contributed by atoms with Crippen molar-refractivity contribution in [2.45, 2.75) is 19.8 Å². The largest absolute Gasteiger partial charge is 0.381 e. The minimum atomic E-state index is 0.914. The normalized spacial score (nSPS) is 21.9. The van der Waals surface area contributed by atoms with Crippen LogP contribution in [0.15, 0.2) is 11.6 Å². The van der Waals surface area contributed by atoms with E-state index in [9.17, 15) is 0 Å². The molecule has 1 rings (SSSR count). The smallest absolute Gasteiger partial charge is 0.0503 e. The Bertz CT molecular complexity index is 94.6. The van der Waals surface area contributed by atoms with Gasteiger partial charge in [-0.3, -0.25) is 0 Å². The van der Waals surface area contributed by atoms with E-state index in [1.807, 2.05) is 0 Å². The fraction of sp³-hybridized carbons (Fsp3) is 0.714. The van der Waals surface area contributed by atoms with Crippen LogP contribution in [0.4, 0.5) is 0 Å². The summed E-state index contributed by atoms with van der Waals surface area (Å²) in [5.41, 5.74) is 1.47. The Balaban J connectivity index is 2.36. The molecule has 1 nitrogen and oxygen atoms in total. The third kappa shape index (κ3) is 1.66. The molecule has 0 fully saturated rings. The number of hydrogen-bond donors (Lipinski definition) is 0. The van der Waals surface area contributed by atoms with Crippen LogP contribution in [-0.2, 0) is 4.74 Å². The Morgan fingerprint density at radius 3 is 3.25 bits per heavy atom. The highest BCUT2D eigenvalue weighted by Gasteiger charge is 1.94. The van der Waals surface area contributed by atoms with Gasteiger partial charge < -0.3 is 4.74 Å². The predicted octanol–water partition coefficient (Wildman–Crippen LogP) is 1.74. The van der Waals surface area contributed by atoms with Crippen LogP contribution in [0.3, 0.4) is 0 Å². The molecular formula is C7H12O. The molecule has 0 bridgehead atoms. The number of hydrogen-bond acceptors (Lipinski definition) is 1. The van der Waals surface area contributed by atoms with Crippen molar-refractivity contribution >= 4 is 0 Å². The summed E-state index contributed by atoms with van der Waals surface area (Å²) in [6.45, 7) is 3.99. The summed E-state index contributed by atoms with van der Waals surface area (Å²) in [4.78, 5) is 0. The molecular weight excluding hydrogens is 100 g/mol. The molecule has 0 amide bonds. The van der Waals surface area contributed by atoms with Gasteiger partial charge in [-0.05, 0) is 19.8 Å². The first-order valence-electron chi connectivity index (χ1n) is 3.13. The third-order valence-corrected chi connectivity index (χ3v) is 1.40. The molecule has 8 heavy (non-hydrogen) atoms. The van der Waals surface area contributed by atoms with Crippen LogP contribution in [0, 0.1) is 0 Å². The molecule has 0 radical (unpaired) electrons. The van der Waals surface area contributed by atoms with Crippen molar-refractivity contribution < 1.29 is 4.74 Å². The van der Waals surface area contributed by atoms with Crippen LogP contribution in [-0.4, -0.2) is 13.2 Å². The molecule has 0 aromatic heterocycles.